The van der Waals surface area contributed by atoms with E-state index in [2.05, 4.69) is 17.0 Å². The molecule has 1 aromatic carbocycles. The van der Waals surface area contributed by atoms with Crippen LogP contribution in [0.15, 0.2) is 30.3 Å². The number of para-hydroxylation sites is 1. The van der Waals surface area contributed by atoms with Crippen LogP contribution in [-0.2, 0) is 9.59 Å². The monoisotopic (exact) mass is 288 g/mol. The minimum absolute atomic E-state index is 0.00881. The number of benzene rings is 1. The quantitative estimate of drug-likeness (QED) is 0.766. The van der Waals surface area contributed by atoms with Crippen LogP contribution in [0.2, 0.25) is 0 Å². The summed E-state index contributed by atoms with van der Waals surface area (Å²) in [5.41, 5.74) is 1.24. The first kappa shape index (κ1) is 14.1. The molecule has 5 nitrogen and oxygen atoms in total. The fourth-order valence-corrected chi connectivity index (χ4v) is 3.37. The molecular weight excluding hydrogens is 266 g/mol. The number of nitrogens with zero attached hydrogens (tertiary/aromatic N) is 2. The van der Waals surface area contributed by atoms with Crippen molar-refractivity contribution in [3.8, 4) is 0 Å². The minimum Gasteiger partial charge on any atom is -0.360 e. The molecule has 21 heavy (non-hydrogen) atoms. The van der Waals surface area contributed by atoms with Gasteiger partial charge in [0.1, 0.15) is 0 Å². The molecule has 2 aliphatic heterocycles. The van der Waals surface area contributed by atoms with Gasteiger partial charge < -0.3 is 9.80 Å². The van der Waals surface area contributed by atoms with Crippen molar-refractivity contribution in [2.45, 2.75) is 19.4 Å². The summed E-state index contributed by atoms with van der Waals surface area (Å²) in [4.78, 5) is 29.1. The Hall–Kier alpha value is -1.88. The molecule has 1 aromatic rings. The summed E-state index contributed by atoms with van der Waals surface area (Å²) >= 11 is 0. The van der Waals surface area contributed by atoms with Gasteiger partial charge in [-0.1, -0.05) is 18.2 Å². The van der Waals surface area contributed by atoms with E-state index in [0.717, 1.165) is 26.2 Å². The molecule has 0 aromatic heterocycles. The molecular formula is C16H22N3O2+. The highest BCUT2D eigenvalue weighted by Gasteiger charge is 2.44. The Morgan fingerprint density at radius 3 is 2.38 bits per heavy atom. The highest BCUT2D eigenvalue weighted by atomic mass is 16.2. The third kappa shape index (κ3) is 2.65. The summed E-state index contributed by atoms with van der Waals surface area (Å²) in [5, 5.41) is 0. The Morgan fingerprint density at radius 1 is 1.14 bits per heavy atom. The van der Waals surface area contributed by atoms with Gasteiger partial charge >= 0.3 is 0 Å². The summed E-state index contributed by atoms with van der Waals surface area (Å²) in [6.07, 6.45) is 0.382. The lowest BCUT2D eigenvalue weighted by Crippen LogP contribution is -3.19. The third-order valence-electron chi connectivity index (χ3n) is 4.58. The van der Waals surface area contributed by atoms with Crippen LogP contribution < -0.4 is 9.80 Å². The fourth-order valence-electron chi connectivity index (χ4n) is 3.37. The van der Waals surface area contributed by atoms with Gasteiger partial charge in [0.2, 0.25) is 5.91 Å². The average molecular weight is 288 g/mol. The lowest BCUT2D eigenvalue weighted by atomic mass is 10.1. The second-order valence-corrected chi connectivity index (χ2v) is 5.71. The van der Waals surface area contributed by atoms with Gasteiger partial charge in [-0.25, -0.2) is 0 Å². The molecule has 1 N–H and O–H groups in total. The van der Waals surface area contributed by atoms with Gasteiger partial charge in [0.15, 0.2) is 6.04 Å². The molecule has 2 aliphatic rings. The number of imide groups is 1. The maximum absolute atomic E-state index is 12.3. The molecule has 0 unspecified atom stereocenters. The van der Waals surface area contributed by atoms with Crippen LogP contribution in [0.5, 0.6) is 0 Å². The molecule has 0 radical (unpaired) electrons. The molecule has 2 fully saturated rings. The molecule has 2 amide bonds. The van der Waals surface area contributed by atoms with Crippen molar-refractivity contribution in [1.29, 1.82) is 0 Å². The van der Waals surface area contributed by atoms with Gasteiger partial charge in [-0.3, -0.25) is 14.5 Å². The Labute approximate surface area is 125 Å². The highest BCUT2D eigenvalue weighted by Crippen LogP contribution is 2.14. The van der Waals surface area contributed by atoms with Crippen molar-refractivity contribution in [1.82, 2.24) is 4.90 Å². The number of anilines is 1. The molecule has 2 heterocycles. The van der Waals surface area contributed by atoms with Crippen LogP contribution in [0.1, 0.15) is 13.3 Å². The first-order valence-electron chi connectivity index (χ1n) is 7.69. The summed E-state index contributed by atoms with van der Waals surface area (Å²) < 4.78 is 0. The van der Waals surface area contributed by atoms with Crippen molar-refractivity contribution in [3.63, 3.8) is 0 Å². The van der Waals surface area contributed by atoms with Crippen molar-refractivity contribution < 1.29 is 14.5 Å². The van der Waals surface area contributed by atoms with Crippen molar-refractivity contribution in [2.75, 3.05) is 37.6 Å². The van der Waals surface area contributed by atoms with E-state index < -0.39 is 0 Å². The first-order valence-corrected chi connectivity index (χ1v) is 7.69. The average Bonchev–Trinajstić information content (AvgIpc) is 2.82. The van der Waals surface area contributed by atoms with Gasteiger partial charge in [0, 0.05) is 12.2 Å². The molecule has 0 aliphatic carbocycles. The van der Waals surface area contributed by atoms with Crippen LogP contribution >= 0.6 is 0 Å². The number of likely N-dealkylation sites (N-methyl/N-ethyl adjacent to an activating group) is 1. The zero-order chi connectivity index (χ0) is 14.8. The van der Waals surface area contributed by atoms with E-state index in [1.807, 2.05) is 25.1 Å². The minimum atomic E-state index is -0.157. The molecule has 0 saturated carbocycles. The molecule has 0 spiro atoms. The Balaban J connectivity index is 1.62. The van der Waals surface area contributed by atoms with Gasteiger partial charge in [-0.15, -0.1) is 0 Å². The molecule has 112 valence electrons. The lowest BCUT2D eigenvalue weighted by Gasteiger charge is -2.35. The molecule has 1 atom stereocenters. The second-order valence-electron chi connectivity index (χ2n) is 5.71. The Kier molecular flexibility index (Phi) is 3.92. The number of quaternary nitrogens is 1. The van der Waals surface area contributed by atoms with Gasteiger partial charge in [0.25, 0.3) is 5.91 Å². The van der Waals surface area contributed by atoms with Crippen molar-refractivity contribution in [3.05, 3.63) is 30.3 Å². The first-order chi connectivity index (χ1) is 10.2. The molecule has 3 rings (SSSR count). The number of carbonyl (C=O) groups is 2. The van der Waals surface area contributed by atoms with E-state index in [1.54, 1.807) is 0 Å². The lowest BCUT2D eigenvalue weighted by molar-refractivity contribution is -0.915. The number of hydrogen-bond donors (Lipinski definition) is 1. The van der Waals surface area contributed by atoms with E-state index in [4.69, 9.17) is 0 Å². The zero-order valence-electron chi connectivity index (χ0n) is 12.4. The molecule has 0 bridgehead atoms. The number of carbonyl (C=O) groups excluding carboxylic acids is 2. The largest absolute Gasteiger partial charge is 0.360 e. The number of rotatable bonds is 3. The van der Waals surface area contributed by atoms with Gasteiger partial charge in [-0.2, -0.15) is 0 Å². The van der Waals surface area contributed by atoms with Crippen LogP contribution in [-0.4, -0.2) is 55.5 Å². The van der Waals surface area contributed by atoms with E-state index in [9.17, 15) is 9.59 Å². The number of amides is 2. The van der Waals surface area contributed by atoms with Crippen molar-refractivity contribution >= 4 is 17.5 Å². The number of piperazine rings is 1. The van der Waals surface area contributed by atoms with Crippen LogP contribution in [0, 0.1) is 0 Å². The van der Waals surface area contributed by atoms with E-state index in [-0.39, 0.29) is 17.9 Å². The summed E-state index contributed by atoms with van der Waals surface area (Å²) in [5.74, 6) is 0.0103. The standard InChI is InChI=1S/C16H21N3O2/c1-2-19-15(20)12-14(16(19)21)18-10-8-17(9-11-18)13-6-4-3-5-7-13/h3-7,14H,2,8-12H2,1H3/p+1/t14-/m1/s1. The summed E-state index contributed by atoms with van der Waals surface area (Å²) in [6, 6.07) is 10.2. The van der Waals surface area contributed by atoms with Crippen LogP contribution in [0.4, 0.5) is 5.69 Å². The van der Waals surface area contributed by atoms with E-state index in [0.29, 0.717) is 13.0 Å². The SMILES string of the molecule is CCN1C(=O)C[C@@H]([NH+]2CCN(c3ccccc3)CC2)C1=O. The van der Waals surface area contributed by atoms with Crippen molar-refractivity contribution in [2.24, 2.45) is 0 Å². The summed E-state index contributed by atoms with van der Waals surface area (Å²) in [6.45, 7) is 6.05. The smallest absolute Gasteiger partial charge is 0.288 e. The predicted molar refractivity (Wildman–Crippen MR) is 80.2 cm³/mol. The molecule has 2 saturated heterocycles. The van der Waals surface area contributed by atoms with Gasteiger partial charge in [-0.05, 0) is 19.1 Å². The van der Waals surface area contributed by atoms with E-state index in [1.165, 1.54) is 15.5 Å². The zero-order valence-corrected chi connectivity index (χ0v) is 12.4. The maximum Gasteiger partial charge on any atom is 0.288 e. The van der Waals surface area contributed by atoms with Gasteiger partial charge in [0.05, 0.1) is 32.6 Å². The number of nitrogens with one attached hydrogen (secondary N) is 1. The Morgan fingerprint density at radius 2 is 1.81 bits per heavy atom. The van der Waals surface area contributed by atoms with Crippen LogP contribution in [0.3, 0.4) is 0 Å². The Bertz CT molecular complexity index is 524. The second kappa shape index (κ2) is 5.85. The molecule has 5 heteroatoms. The predicted octanol–water partition coefficient (Wildman–Crippen LogP) is -0.461. The van der Waals surface area contributed by atoms with Crippen LogP contribution in [0.25, 0.3) is 0 Å². The summed E-state index contributed by atoms with van der Waals surface area (Å²) in [7, 11) is 0. The third-order valence-corrected chi connectivity index (χ3v) is 4.58. The highest BCUT2D eigenvalue weighted by molar-refractivity contribution is 6.04. The van der Waals surface area contributed by atoms with E-state index >= 15 is 0 Å². The number of hydrogen-bond acceptors (Lipinski definition) is 3. The topological polar surface area (TPSA) is 45.1 Å². The normalized spacial score (nSPS) is 24.0. The fraction of sp³-hybridized carbons (Fsp3) is 0.500. The number of likely N-dealkylation sites (tertiary alicyclic amines) is 1. The maximum atomic E-state index is 12.3.